The number of hydrogen-bond acceptors (Lipinski definition) is 2. The summed E-state index contributed by atoms with van der Waals surface area (Å²) in [7, 11) is 0. The molecule has 0 aliphatic rings. The number of carbonyl (C=O) groups excluding carboxylic acids is 1. The van der Waals surface area contributed by atoms with Crippen LogP contribution in [0.5, 0.6) is 0 Å². The first-order valence-electron chi connectivity index (χ1n) is 6.12. The fraction of sp³-hybridized carbons (Fsp3) is 0.500. The van der Waals surface area contributed by atoms with Crippen LogP contribution in [0.15, 0.2) is 18.2 Å². The van der Waals surface area contributed by atoms with Crippen LogP contribution in [0.2, 0.25) is 0 Å². The first-order valence-corrected chi connectivity index (χ1v) is 6.12. The minimum Gasteiger partial charge on any atom is -0.394 e. The van der Waals surface area contributed by atoms with Gasteiger partial charge in [0.1, 0.15) is 5.82 Å². The molecule has 0 fully saturated rings. The van der Waals surface area contributed by atoms with Crippen molar-refractivity contribution in [3.05, 3.63) is 35.1 Å². The third-order valence-corrected chi connectivity index (χ3v) is 2.73. The average molecular weight is 253 g/mol. The summed E-state index contributed by atoms with van der Waals surface area (Å²) in [5.41, 5.74) is 0.850. The fourth-order valence-electron chi connectivity index (χ4n) is 1.80. The molecule has 1 rings (SSSR count). The maximum Gasteiger partial charge on any atom is 0.251 e. The number of nitrogens with one attached hydrogen (secondary N) is 1. The Morgan fingerprint density at radius 1 is 1.44 bits per heavy atom. The minimum absolute atomic E-state index is 0.0932. The van der Waals surface area contributed by atoms with Crippen LogP contribution in [0.4, 0.5) is 4.39 Å². The van der Waals surface area contributed by atoms with Gasteiger partial charge in [-0.15, -0.1) is 0 Å². The Kier molecular flexibility index (Phi) is 5.28. The Morgan fingerprint density at radius 2 is 2.11 bits per heavy atom. The van der Waals surface area contributed by atoms with Crippen molar-refractivity contribution in [3.63, 3.8) is 0 Å². The molecule has 0 saturated carbocycles. The number of rotatable bonds is 5. The summed E-state index contributed by atoms with van der Waals surface area (Å²) in [5.74, 6) is -0.220. The molecule has 4 heteroatoms. The summed E-state index contributed by atoms with van der Waals surface area (Å²) in [6.45, 7) is 5.57. The molecule has 1 unspecified atom stereocenters. The largest absolute Gasteiger partial charge is 0.394 e. The third kappa shape index (κ3) is 4.11. The highest BCUT2D eigenvalue weighted by Gasteiger charge is 2.14. The van der Waals surface area contributed by atoms with Crippen molar-refractivity contribution in [2.45, 2.75) is 33.2 Å². The molecule has 2 N–H and O–H groups in total. The summed E-state index contributed by atoms with van der Waals surface area (Å²) in [6, 6.07) is 3.97. The zero-order chi connectivity index (χ0) is 13.7. The van der Waals surface area contributed by atoms with Crippen LogP contribution in [0, 0.1) is 18.7 Å². The molecule has 0 radical (unpaired) electrons. The predicted molar refractivity (Wildman–Crippen MR) is 68.9 cm³/mol. The first-order chi connectivity index (χ1) is 8.43. The van der Waals surface area contributed by atoms with Gasteiger partial charge in [-0.2, -0.15) is 0 Å². The van der Waals surface area contributed by atoms with Gasteiger partial charge in [0.2, 0.25) is 0 Å². The molecule has 1 amide bonds. The van der Waals surface area contributed by atoms with Gasteiger partial charge < -0.3 is 10.4 Å². The van der Waals surface area contributed by atoms with Crippen molar-refractivity contribution >= 4 is 5.91 Å². The SMILES string of the molecule is Cc1cc(C(=O)NC(CO)CC(C)C)ccc1F. The number of carbonyl (C=O) groups is 1. The van der Waals surface area contributed by atoms with E-state index in [4.69, 9.17) is 0 Å². The zero-order valence-electron chi connectivity index (χ0n) is 11.0. The highest BCUT2D eigenvalue weighted by Crippen LogP contribution is 2.10. The lowest BCUT2D eigenvalue weighted by atomic mass is 10.0. The van der Waals surface area contributed by atoms with Crippen molar-refractivity contribution < 1.29 is 14.3 Å². The maximum atomic E-state index is 13.1. The Balaban J connectivity index is 2.71. The molecule has 0 saturated heterocycles. The molecule has 1 aromatic carbocycles. The van der Waals surface area contributed by atoms with E-state index in [1.54, 1.807) is 6.92 Å². The maximum absolute atomic E-state index is 13.1. The number of aryl methyl sites for hydroxylation is 1. The van der Waals surface area contributed by atoms with Gasteiger partial charge in [-0.1, -0.05) is 13.8 Å². The van der Waals surface area contributed by atoms with Crippen LogP contribution in [0.25, 0.3) is 0 Å². The van der Waals surface area contributed by atoms with Gasteiger partial charge in [0.05, 0.1) is 12.6 Å². The van der Waals surface area contributed by atoms with Crippen molar-refractivity contribution in [1.82, 2.24) is 5.32 Å². The number of halogens is 1. The number of amides is 1. The molecule has 0 spiro atoms. The standard InChI is InChI=1S/C14H20FNO2/c1-9(2)6-12(8-17)16-14(18)11-4-5-13(15)10(3)7-11/h4-5,7,9,12,17H,6,8H2,1-3H3,(H,16,18). The van der Waals surface area contributed by atoms with Gasteiger partial charge in [0.15, 0.2) is 0 Å². The van der Waals surface area contributed by atoms with Gasteiger partial charge >= 0.3 is 0 Å². The molecule has 0 aliphatic heterocycles. The van der Waals surface area contributed by atoms with E-state index in [1.807, 2.05) is 13.8 Å². The molecule has 0 aromatic heterocycles. The van der Waals surface area contributed by atoms with Crippen LogP contribution in [0.1, 0.15) is 36.2 Å². The topological polar surface area (TPSA) is 49.3 Å². The van der Waals surface area contributed by atoms with E-state index in [-0.39, 0.29) is 24.4 Å². The van der Waals surface area contributed by atoms with E-state index in [2.05, 4.69) is 5.32 Å². The summed E-state index contributed by atoms with van der Waals surface area (Å²) in [6.07, 6.45) is 0.711. The van der Waals surface area contributed by atoms with Gasteiger partial charge in [-0.3, -0.25) is 4.79 Å². The van der Waals surface area contributed by atoms with Gasteiger partial charge in [-0.25, -0.2) is 4.39 Å². The Hall–Kier alpha value is -1.42. The van der Waals surface area contributed by atoms with E-state index in [0.717, 1.165) is 0 Å². The quantitative estimate of drug-likeness (QED) is 0.845. The van der Waals surface area contributed by atoms with Crippen molar-refractivity contribution in [1.29, 1.82) is 0 Å². The van der Waals surface area contributed by atoms with Gasteiger partial charge in [0.25, 0.3) is 5.91 Å². The van der Waals surface area contributed by atoms with Gasteiger partial charge in [0, 0.05) is 5.56 Å². The highest BCUT2D eigenvalue weighted by atomic mass is 19.1. The molecule has 0 aliphatic carbocycles. The van der Waals surface area contributed by atoms with E-state index in [1.165, 1.54) is 18.2 Å². The smallest absolute Gasteiger partial charge is 0.251 e. The molecule has 3 nitrogen and oxygen atoms in total. The summed E-state index contributed by atoms with van der Waals surface area (Å²) < 4.78 is 13.1. The molecule has 18 heavy (non-hydrogen) atoms. The summed E-state index contributed by atoms with van der Waals surface area (Å²) in [5, 5.41) is 11.9. The fourth-order valence-corrected chi connectivity index (χ4v) is 1.80. The highest BCUT2D eigenvalue weighted by molar-refractivity contribution is 5.94. The molecule has 1 aromatic rings. The molecular formula is C14H20FNO2. The van der Waals surface area contributed by atoms with Gasteiger partial charge in [-0.05, 0) is 43.0 Å². The molecule has 100 valence electrons. The van der Waals surface area contributed by atoms with Crippen LogP contribution in [-0.4, -0.2) is 23.7 Å². The number of hydrogen-bond donors (Lipinski definition) is 2. The minimum atomic E-state index is -0.326. The lowest BCUT2D eigenvalue weighted by Gasteiger charge is -2.18. The molecular weight excluding hydrogens is 233 g/mol. The predicted octanol–water partition coefficient (Wildman–Crippen LogP) is 2.27. The second kappa shape index (κ2) is 6.50. The van der Waals surface area contributed by atoms with E-state index in [9.17, 15) is 14.3 Å². The van der Waals surface area contributed by atoms with Crippen molar-refractivity contribution in [2.24, 2.45) is 5.92 Å². The van der Waals surface area contributed by atoms with E-state index >= 15 is 0 Å². The Morgan fingerprint density at radius 3 is 2.61 bits per heavy atom. The number of aliphatic hydroxyl groups excluding tert-OH is 1. The Labute approximate surface area is 107 Å². The molecule has 0 bridgehead atoms. The van der Waals surface area contributed by atoms with E-state index in [0.29, 0.717) is 23.5 Å². The third-order valence-electron chi connectivity index (χ3n) is 2.73. The normalized spacial score (nSPS) is 12.6. The monoisotopic (exact) mass is 253 g/mol. The summed E-state index contributed by atoms with van der Waals surface area (Å²) >= 11 is 0. The lowest BCUT2D eigenvalue weighted by Crippen LogP contribution is -2.38. The van der Waals surface area contributed by atoms with Crippen molar-refractivity contribution in [3.8, 4) is 0 Å². The van der Waals surface area contributed by atoms with E-state index < -0.39 is 0 Å². The van der Waals surface area contributed by atoms with Crippen LogP contribution in [-0.2, 0) is 0 Å². The lowest BCUT2D eigenvalue weighted by molar-refractivity contribution is 0.0908. The molecule has 0 heterocycles. The summed E-state index contributed by atoms with van der Waals surface area (Å²) in [4.78, 5) is 11.9. The average Bonchev–Trinajstić information content (AvgIpc) is 2.31. The van der Waals surface area contributed by atoms with Crippen LogP contribution < -0.4 is 5.32 Å². The second-order valence-corrected chi connectivity index (χ2v) is 4.95. The second-order valence-electron chi connectivity index (χ2n) is 4.95. The Bertz CT molecular complexity index is 418. The first kappa shape index (κ1) is 14.6. The molecule has 1 atom stereocenters. The van der Waals surface area contributed by atoms with Crippen LogP contribution >= 0.6 is 0 Å². The number of aliphatic hydroxyl groups is 1. The van der Waals surface area contributed by atoms with Crippen LogP contribution in [0.3, 0.4) is 0 Å². The number of benzene rings is 1. The zero-order valence-corrected chi connectivity index (χ0v) is 11.0. The van der Waals surface area contributed by atoms with Crippen molar-refractivity contribution in [2.75, 3.05) is 6.61 Å².